The van der Waals surface area contributed by atoms with Gasteiger partial charge in [-0.25, -0.2) is 0 Å². The zero-order valence-corrected chi connectivity index (χ0v) is 12.7. The number of methoxy groups -OCH3 is 1. The Bertz CT molecular complexity index is 251. The summed E-state index contributed by atoms with van der Waals surface area (Å²) in [7, 11) is 1.72. The first-order chi connectivity index (χ1) is 9.15. The maximum Gasteiger partial charge on any atom is 0.0616 e. The number of ether oxygens (including phenoxy) is 1. The van der Waals surface area contributed by atoms with Gasteiger partial charge in [0.25, 0.3) is 0 Å². The number of likely N-dealkylation sites (tertiary alicyclic amines) is 1. The molecule has 1 rings (SSSR count). The maximum absolute atomic E-state index is 9.05. The van der Waals surface area contributed by atoms with Gasteiger partial charge in [-0.05, 0) is 46.2 Å². The van der Waals surface area contributed by atoms with E-state index in [4.69, 9.17) is 9.84 Å². The van der Waals surface area contributed by atoms with Crippen molar-refractivity contribution >= 4 is 0 Å². The number of aliphatic hydroxyl groups is 1. The zero-order valence-electron chi connectivity index (χ0n) is 12.7. The van der Waals surface area contributed by atoms with E-state index in [1.54, 1.807) is 7.11 Å². The molecule has 1 saturated heterocycles. The summed E-state index contributed by atoms with van der Waals surface area (Å²) in [4.78, 5) is 2.50. The monoisotopic (exact) mass is 270 g/mol. The molecule has 0 aromatic carbocycles. The Labute approximate surface area is 117 Å². The van der Waals surface area contributed by atoms with Crippen LogP contribution in [0.25, 0.3) is 0 Å². The second kappa shape index (κ2) is 9.48. The minimum atomic E-state index is 0.223. The van der Waals surface area contributed by atoms with E-state index in [-0.39, 0.29) is 12.6 Å². The molecule has 0 radical (unpaired) electrons. The van der Waals surface area contributed by atoms with Gasteiger partial charge in [-0.15, -0.1) is 0 Å². The number of hydrogen-bond acceptors (Lipinski definition) is 4. The standard InChI is InChI=1S/C15H30N2O2/c1-13(2)4-8-17-9-5-14(6-10-17)16-15(7-11-18)12-19-3/h4,14-16,18H,5-12H2,1-3H3. The normalized spacial score (nSPS) is 19.4. The molecular weight excluding hydrogens is 240 g/mol. The highest BCUT2D eigenvalue weighted by Gasteiger charge is 2.20. The molecule has 112 valence electrons. The summed E-state index contributed by atoms with van der Waals surface area (Å²) in [6, 6.07) is 0.846. The molecule has 0 bridgehead atoms. The molecular formula is C15H30N2O2. The summed E-state index contributed by atoms with van der Waals surface area (Å²) in [5.74, 6) is 0. The van der Waals surface area contributed by atoms with Crippen LogP contribution in [0.15, 0.2) is 11.6 Å². The van der Waals surface area contributed by atoms with Crippen molar-refractivity contribution < 1.29 is 9.84 Å². The van der Waals surface area contributed by atoms with E-state index in [0.29, 0.717) is 12.6 Å². The molecule has 4 heteroatoms. The molecule has 1 heterocycles. The van der Waals surface area contributed by atoms with Gasteiger partial charge < -0.3 is 15.2 Å². The van der Waals surface area contributed by atoms with Crippen LogP contribution in [0.2, 0.25) is 0 Å². The van der Waals surface area contributed by atoms with Gasteiger partial charge in [0.1, 0.15) is 0 Å². The van der Waals surface area contributed by atoms with Gasteiger partial charge in [-0.2, -0.15) is 0 Å². The van der Waals surface area contributed by atoms with Crippen molar-refractivity contribution in [3.05, 3.63) is 11.6 Å². The number of aliphatic hydroxyl groups excluding tert-OH is 1. The molecule has 1 unspecified atom stereocenters. The fourth-order valence-electron chi connectivity index (χ4n) is 2.50. The van der Waals surface area contributed by atoms with E-state index in [1.165, 1.54) is 18.4 Å². The van der Waals surface area contributed by atoms with Gasteiger partial charge in [0.2, 0.25) is 0 Å². The second-order valence-corrected chi connectivity index (χ2v) is 5.69. The van der Waals surface area contributed by atoms with E-state index in [2.05, 4.69) is 30.1 Å². The van der Waals surface area contributed by atoms with E-state index in [9.17, 15) is 0 Å². The molecule has 0 aromatic heterocycles. The van der Waals surface area contributed by atoms with Gasteiger partial charge in [-0.3, -0.25) is 4.90 Å². The summed E-state index contributed by atoms with van der Waals surface area (Å²) in [5, 5.41) is 12.7. The third-order valence-electron chi connectivity index (χ3n) is 3.66. The molecule has 0 amide bonds. The van der Waals surface area contributed by atoms with Crippen molar-refractivity contribution in [3.63, 3.8) is 0 Å². The number of nitrogens with zero attached hydrogens (tertiary/aromatic N) is 1. The summed E-state index contributed by atoms with van der Waals surface area (Å²) >= 11 is 0. The summed E-state index contributed by atoms with van der Waals surface area (Å²) in [6.45, 7) is 8.59. The largest absolute Gasteiger partial charge is 0.396 e. The lowest BCUT2D eigenvalue weighted by Crippen LogP contribution is -2.47. The van der Waals surface area contributed by atoms with Crippen molar-refractivity contribution in [2.75, 3.05) is 40.0 Å². The van der Waals surface area contributed by atoms with Crippen LogP contribution < -0.4 is 5.32 Å². The minimum Gasteiger partial charge on any atom is -0.396 e. The Hall–Kier alpha value is -0.420. The van der Waals surface area contributed by atoms with Gasteiger partial charge in [-0.1, -0.05) is 11.6 Å². The summed E-state index contributed by atoms with van der Waals surface area (Å²) in [5.41, 5.74) is 1.39. The molecule has 0 spiro atoms. The van der Waals surface area contributed by atoms with E-state index in [1.807, 2.05) is 0 Å². The van der Waals surface area contributed by atoms with Crippen molar-refractivity contribution in [3.8, 4) is 0 Å². The highest BCUT2D eigenvalue weighted by molar-refractivity contribution is 4.95. The van der Waals surface area contributed by atoms with E-state index in [0.717, 1.165) is 26.1 Å². The molecule has 0 aromatic rings. The predicted molar refractivity (Wildman–Crippen MR) is 79.4 cm³/mol. The van der Waals surface area contributed by atoms with Crippen molar-refractivity contribution in [1.82, 2.24) is 10.2 Å². The van der Waals surface area contributed by atoms with Crippen molar-refractivity contribution in [1.29, 1.82) is 0 Å². The number of allylic oxidation sites excluding steroid dienone is 1. The molecule has 0 aliphatic carbocycles. The van der Waals surface area contributed by atoms with Gasteiger partial charge in [0, 0.05) is 32.3 Å². The minimum absolute atomic E-state index is 0.223. The fourth-order valence-corrected chi connectivity index (χ4v) is 2.50. The lowest BCUT2D eigenvalue weighted by atomic mass is 10.0. The van der Waals surface area contributed by atoms with Crippen LogP contribution in [-0.2, 0) is 4.74 Å². The topological polar surface area (TPSA) is 44.7 Å². The second-order valence-electron chi connectivity index (χ2n) is 5.69. The zero-order chi connectivity index (χ0) is 14.1. The first-order valence-electron chi connectivity index (χ1n) is 7.37. The maximum atomic E-state index is 9.05. The van der Waals surface area contributed by atoms with Crippen molar-refractivity contribution in [2.24, 2.45) is 0 Å². The first-order valence-corrected chi connectivity index (χ1v) is 7.37. The summed E-state index contributed by atoms with van der Waals surface area (Å²) < 4.78 is 5.19. The molecule has 0 saturated carbocycles. The molecule has 4 nitrogen and oxygen atoms in total. The van der Waals surface area contributed by atoms with Crippen LogP contribution in [-0.4, -0.2) is 62.0 Å². The van der Waals surface area contributed by atoms with Crippen LogP contribution in [0, 0.1) is 0 Å². The third kappa shape index (κ3) is 7.06. The lowest BCUT2D eigenvalue weighted by molar-refractivity contribution is 0.129. The SMILES string of the molecule is COCC(CCO)NC1CCN(CC=C(C)C)CC1. The van der Waals surface area contributed by atoms with Gasteiger partial charge >= 0.3 is 0 Å². The summed E-state index contributed by atoms with van der Waals surface area (Å²) in [6.07, 6.45) is 5.43. The Morgan fingerprint density at radius 3 is 2.63 bits per heavy atom. The average Bonchev–Trinajstić information content (AvgIpc) is 2.38. The molecule has 2 N–H and O–H groups in total. The van der Waals surface area contributed by atoms with Crippen LogP contribution in [0.4, 0.5) is 0 Å². The molecule has 19 heavy (non-hydrogen) atoms. The van der Waals surface area contributed by atoms with E-state index >= 15 is 0 Å². The van der Waals surface area contributed by atoms with Crippen molar-refractivity contribution in [2.45, 2.75) is 45.2 Å². The van der Waals surface area contributed by atoms with E-state index < -0.39 is 0 Å². The number of rotatable bonds is 8. The van der Waals surface area contributed by atoms with Crippen LogP contribution in [0.3, 0.4) is 0 Å². The lowest BCUT2D eigenvalue weighted by Gasteiger charge is -2.34. The Morgan fingerprint density at radius 2 is 2.11 bits per heavy atom. The predicted octanol–water partition coefficient (Wildman–Crippen LogP) is 1.40. The average molecular weight is 270 g/mol. The third-order valence-corrected chi connectivity index (χ3v) is 3.66. The Balaban J connectivity index is 2.26. The quantitative estimate of drug-likeness (QED) is 0.655. The number of nitrogens with one attached hydrogen (secondary N) is 1. The Morgan fingerprint density at radius 1 is 1.42 bits per heavy atom. The fraction of sp³-hybridized carbons (Fsp3) is 0.867. The highest BCUT2D eigenvalue weighted by atomic mass is 16.5. The highest BCUT2D eigenvalue weighted by Crippen LogP contribution is 2.12. The van der Waals surface area contributed by atoms with Gasteiger partial charge in [0.05, 0.1) is 6.61 Å². The molecule has 1 atom stereocenters. The first kappa shape index (κ1) is 16.6. The number of piperidine rings is 1. The molecule has 1 aliphatic rings. The van der Waals surface area contributed by atoms with Crippen LogP contribution in [0.5, 0.6) is 0 Å². The van der Waals surface area contributed by atoms with Crippen LogP contribution >= 0.6 is 0 Å². The Kier molecular flexibility index (Phi) is 8.30. The number of hydrogen-bond donors (Lipinski definition) is 2. The van der Waals surface area contributed by atoms with Crippen LogP contribution in [0.1, 0.15) is 33.1 Å². The van der Waals surface area contributed by atoms with Gasteiger partial charge in [0.15, 0.2) is 0 Å². The molecule has 1 aliphatic heterocycles. The molecule has 1 fully saturated rings. The smallest absolute Gasteiger partial charge is 0.0616 e.